The van der Waals surface area contributed by atoms with E-state index in [1.54, 1.807) is 0 Å². The van der Waals surface area contributed by atoms with E-state index in [0.717, 1.165) is 19.3 Å². The normalized spacial score (nSPS) is 19.6. The number of rotatable bonds is 14. The Kier molecular flexibility index (Phi) is 11.3. The van der Waals surface area contributed by atoms with Gasteiger partial charge in [-0.3, -0.25) is 24.1 Å². The maximum Gasteiger partial charge on any atom is 0.305 e. The van der Waals surface area contributed by atoms with Crippen LogP contribution in [0.15, 0.2) is 0 Å². The van der Waals surface area contributed by atoms with Gasteiger partial charge < -0.3 is 38.0 Å². The molecule has 0 aromatic rings. The highest BCUT2D eigenvalue weighted by atomic mass is 16.4. The fourth-order valence-corrected chi connectivity index (χ4v) is 3.44. The van der Waals surface area contributed by atoms with E-state index in [2.05, 4.69) is 10.6 Å². The molecule has 1 rings (SSSR count). The molecular weight excluding hydrogens is 396 g/mol. The number of hydrogen-bond acceptors (Lipinski definition) is 8. The Balaban J connectivity index is 2.85. The number of nitrogens with zero attached hydrogens (tertiary/aromatic N) is 1. The molecule has 0 bridgehead atoms. The number of unbranched alkanes of at least 4 members (excludes halogenated alkanes) is 1. The summed E-state index contributed by atoms with van der Waals surface area (Å²) in [6.07, 6.45) is 2.85. The molecule has 12 nitrogen and oxygen atoms in total. The van der Waals surface area contributed by atoms with E-state index in [9.17, 15) is 19.2 Å². The Labute approximate surface area is 175 Å². The lowest BCUT2D eigenvalue weighted by Gasteiger charge is -2.29. The average molecular weight is 431 g/mol. The van der Waals surface area contributed by atoms with Crippen molar-refractivity contribution in [3.8, 4) is 0 Å². The molecule has 0 unspecified atom stereocenters. The Hall–Kier alpha value is -2.28. The molecule has 1 saturated heterocycles. The molecule has 1 heterocycles. The van der Waals surface area contributed by atoms with E-state index in [-0.39, 0.29) is 6.04 Å². The maximum atomic E-state index is 12.7. The Morgan fingerprint density at radius 3 is 2.40 bits per heavy atom. The molecule has 0 aliphatic carbocycles. The van der Waals surface area contributed by atoms with Crippen LogP contribution in [0.4, 0.5) is 0 Å². The second kappa shape index (κ2) is 13.1. The molecular formula is C18H34N6O6. The molecule has 0 radical (unpaired) electrons. The lowest BCUT2D eigenvalue weighted by atomic mass is 10.1. The van der Waals surface area contributed by atoms with E-state index in [1.807, 2.05) is 4.90 Å². The third-order valence-corrected chi connectivity index (χ3v) is 5.05. The first-order valence-corrected chi connectivity index (χ1v) is 10.1. The van der Waals surface area contributed by atoms with E-state index in [0.29, 0.717) is 32.5 Å². The largest absolute Gasteiger partial charge is 0.481 e. The smallest absolute Gasteiger partial charge is 0.305 e. The molecule has 172 valence electrons. The van der Waals surface area contributed by atoms with Gasteiger partial charge in [-0.15, -0.1) is 0 Å². The zero-order valence-corrected chi connectivity index (χ0v) is 17.1. The molecule has 1 aliphatic heterocycles. The molecule has 3 amide bonds. The predicted octanol–water partition coefficient (Wildman–Crippen LogP) is -3.17. The molecule has 0 saturated carbocycles. The standard InChI is InChI=1S/C18H34N6O6/c19-6-2-1-4-11(9-24-7-3-5-14(24)16(21)28)22-18(30)13(8-15(26)27)23-17(29)12(20)10-25/h11-14,25H,1-10,19-20H2,(H2,21,28)(H,22,30)(H,23,29)(H,26,27)/t11-,12-,13-,14-/m0/s1. The highest BCUT2D eigenvalue weighted by Gasteiger charge is 2.32. The summed E-state index contributed by atoms with van der Waals surface area (Å²) < 4.78 is 0. The molecule has 1 aliphatic rings. The highest BCUT2D eigenvalue weighted by molar-refractivity contribution is 5.92. The molecule has 12 heteroatoms. The second-order valence-electron chi connectivity index (χ2n) is 7.49. The molecule has 1 fully saturated rings. The number of primary amides is 1. The third-order valence-electron chi connectivity index (χ3n) is 5.05. The van der Waals surface area contributed by atoms with Gasteiger partial charge in [-0.1, -0.05) is 6.42 Å². The monoisotopic (exact) mass is 430 g/mol. The third kappa shape index (κ3) is 8.61. The van der Waals surface area contributed by atoms with Gasteiger partial charge in [0, 0.05) is 12.6 Å². The first kappa shape index (κ1) is 25.8. The van der Waals surface area contributed by atoms with Crippen molar-refractivity contribution in [2.24, 2.45) is 17.2 Å². The van der Waals surface area contributed by atoms with Crippen molar-refractivity contribution in [2.45, 2.75) is 62.7 Å². The number of hydrogen-bond donors (Lipinski definition) is 7. The average Bonchev–Trinajstić information content (AvgIpc) is 3.14. The first-order chi connectivity index (χ1) is 14.2. The molecule has 0 spiro atoms. The van der Waals surface area contributed by atoms with Gasteiger partial charge in [0.1, 0.15) is 12.1 Å². The van der Waals surface area contributed by atoms with Crippen molar-refractivity contribution in [1.82, 2.24) is 15.5 Å². The van der Waals surface area contributed by atoms with Crippen molar-refractivity contribution in [3.05, 3.63) is 0 Å². The number of carboxylic acid groups (broad SMARTS) is 1. The molecule has 0 aromatic heterocycles. The predicted molar refractivity (Wildman–Crippen MR) is 108 cm³/mol. The van der Waals surface area contributed by atoms with Crippen LogP contribution in [0.1, 0.15) is 38.5 Å². The first-order valence-electron chi connectivity index (χ1n) is 10.1. The van der Waals surface area contributed by atoms with Crippen molar-refractivity contribution in [1.29, 1.82) is 0 Å². The lowest BCUT2D eigenvalue weighted by molar-refractivity contribution is -0.141. The van der Waals surface area contributed by atoms with Crippen LogP contribution in [0, 0.1) is 0 Å². The van der Waals surface area contributed by atoms with Crippen LogP contribution in [0.2, 0.25) is 0 Å². The van der Waals surface area contributed by atoms with E-state index in [1.165, 1.54) is 0 Å². The van der Waals surface area contributed by atoms with E-state index < -0.39 is 54.8 Å². The zero-order valence-electron chi connectivity index (χ0n) is 17.1. The molecule has 0 aromatic carbocycles. The number of nitrogens with one attached hydrogen (secondary N) is 2. The summed E-state index contributed by atoms with van der Waals surface area (Å²) in [5.41, 5.74) is 16.4. The summed E-state index contributed by atoms with van der Waals surface area (Å²) >= 11 is 0. The van der Waals surface area contributed by atoms with Gasteiger partial charge in [0.15, 0.2) is 0 Å². The van der Waals surface area contributed by atoms with Crippen LogP contribution in [0.25, 0.3) is 0 Å². The van der Waals surface area contributed by atoms with Crippen molar-refractivity contribution in [3.63, 3.8) is 0 Å². The van der Waals surface area contributed by atoms with Crippen LogP contribution in [-0.4, -0.2) is 89.2 Å². The van der Waals surface area contributed by atoms with Crippen LogP contribution in [-0.2, 0) is 19.2 Å². The van der Waals surface area contributed by atoms with Gasteiger partial charge in [-0.2, -0.15) is 0 Å². The maximum absolute atomic E-state index is 12.7. The van der Waals surface area contributed by atoms with Crippen LogP contribution < -0.4 is 27.8 Å². The molecule has 4 atom stereocenters. The summed E-state index contributed by atoms with van der Waals surface area (Å²) in [6.45, 7) is 0.884. The minimum atomic E-state index is -1.35. The quantitative estimate of drug-likeness (QED) is 0.138. The molecule has 30 heavy (non-hydrogen) atoms. The van der Waals surface area contributed by atoms with Crippen LogP contribution in [0.3, 0.4) is 0 Å². The molecule has 10 N–H and O–H groups in total. The van der Waals surface area contributed by atoms with Gasteiger partial charge in [0.05, 0.1) is 19.1 Å². The van der Waals surface area contributed by atoms with E-state index >= 15 is 0 Å². The number of amides is 3. The van der Waals surface area contributed by atoms with E-state index in [4.69, 9.17) is 27.4 Å². The zero-order chi connectivity index (χ0) is 22.7. The minimum Gasteiger partial charge on any atom is -0.481 e. The Morgan fingerprint density at radius 1 is 1.13 bits per heavy atom. The highest BCUT2D eigenvalue weighted by Crippen LogP contribution is 2.18. The van der Waals surface area contributed by atoms with Crippen molar-refractivity contribution >= 4 is 23.7 Å². The second-order valence-corrected chi connectivity index (χ2v) is 7.49. The fourth-order valence-electron chi connectivity index (χ4n) is 3.44. The topological polar surface area (TPSA) is 214 Å². The Morgan fingerprint density at radius 2 is 1.83 bits per heavy atom. The van der Waals surface area contributed by atoms with Gasteiger partial charge in [0.25, 0.3) is 0 Å². The van der Waals surface area contributed by atoms with Gasteiger partial charge >= 0.3 is 5.97 Å². The fraction of sp³-hybridized carbons (Fsp3) is 0.778. The minimum absolute atomic E-state index is 0.369. The summed E-state index contributed by atoms with van der Waals surface area (Å²) in [7, 11) is 0. The number of aliphatic carboxylic acids is 1. The SMILES string of the molecule is NCCCC[C@@H](CN1CCC[C@H]1C(N)=O)NC(=O)[C@H](CC(=O)O)NC(=O)[C@@H](N)CO. The van der Waals surface area contributed by atoms with Gasteiger partial charge in [-0.25, -0.2) is 0 Å². The van der Waals surface area contributed by atoms with Crippen molar-refractivity contribution in [2.75, 3.05) is 26.2 Å². The number of aliphatic hydroxyl groups excluding tert-OH is 1. The Bertz CT molecular complexity index is 604. The number of carboxylic acids is 1. The number of carbonyl (C=O) groups is 4. The number of likely N-dealkylation sites (tertiary alicyclic amines) is 1. The van der Waals surface area contributed by atoms with Gasteiger partial charge in [-0.05, 0) is 38.8 Å². The summed E-state index contributed by atoms with van der Waals surface area (Å²) in [4.78, 5) is 49.3. The number of aliphatic hydroxyl groups is 1. The number of nitrogens with two attached hydrogens (primary N) is 3. The lowest BCUT2D eigenvalue weighted by Crippen LogP contribution is -2.56. The van der Waals surface area contributed by atoms with Crippen molar-refractivity contribution < 1.29 is 29.4 Å². The van der Waals surface area contributed by atoms with Crippen LogP contribution >= 0.6 is 0 Å². The summed E-state index contributed by atoms with van der Waals surface area (Å²) in [5, 5.41) is 23.1. The summed E-state index contributed by atoms with van der Waals surface area (Å²) in [5.74, 6) is -3.20. The summed E-state index contributed by atoms with van der Waals surface area (Å²) in [6, 6.07) is -3.41. The number of carbonyl (C=O) groups excluding carboxylic acids is 3. The van der Waals surface area contributed by atoms with Gasteiger partial charge in [0.2, 0.25) is 17.7 Å². The van der Waals surface area contributed by atoms with Crippen LogP contribution in [0.5, 0.6) is 0 Å².